The normalized spacial score (nSPS) is 18.1. The molecule has 1 unspecified atom stereocenters. The highest BCUT2D eigenvalue weighted by Crippen LogP contribution is 2.37. The number of fused-ring (bicyclic) bond motifs is 1. The molecule has 0 bridgehead atoms. The van der Waals surface area contributed by atoms with Gasteiger partial charge in [0.25, 0.3) is 0 Å². The number of sulfonamides is 1. The first-order valence-electron chi connectivity index (χ1n) is 6.37. The van der Waals surface area contributed by atoms with Crippen LogP contribution in [0.15, 0.2) is 24.3 Å². The van der Waals surface area contributed by atoms with E-state index in [1.165, 1.54) is 4.31 Å². The van der Waals surface area contributed by atoms with E-state index in [-0.39, 0.29) is 18.9 Å². The molecule has 1 aromatic carbocycles. The molecule has 0 saturated carbocycles. The fourth-order valence-corrected chi connectivity index (χ4v) is 3.66. The van der Waals surface area contributed by atoms with Crippen molar-refractivity contribution in [3.8, 4) is 0 Å². The van der Waals surface area contributed by atoms with Gasteiger partial charge in [-0.05, 0) is 18.6 Å². The molecule has 0 spiro atoms. The van der Waals surface area contributed by atoms with Gasteiger partial charge in [0.05, 0.1) is 24.6 Å². The Balaban J connectivity index is 2.28. The molecule has 1 aliphatic rings. The minimum atomic E-state index is -3.57. The monoisotopic (exact) mass is 299 g/mol. The average molecular weight is 299 g/mol. The van der Waals surface area contributed by atoms with Crippen LogP contribution in [-0.4, -0.2) is 45.0 Å². The van der Waals surface area contributed by atoms with Gasteiger partial charge in [0.1, 0.15) is 5.92 Å². The van der Waals surface area contributed by atoms with Crippen LogP contribution in [0.5, 0.6) is 0 Å². The number of nitrogens with zero attached hydrogens (tertiary/aromatic N) is 1. The summed E-state index contributed by atoms with van der Waals surface area (Å²) >= 11 is 0. The standard InChI is InChI=1S/C13H17NO5S/c1-2-19-7-8-20(17,18)14-9-11(13(15)16)10-5-3-4-6-12(10)14/h3-6,11H,2,7-9H2,1H3,(H,15,16). The van der Waals surface area contributed by atoms with Crippen LogP contribution < -0.4 is 4.31 Å². The highest BCUT2D eigenvalue weighted by molar-refractivity contribution is 7.92. The molecule has 110 valence electrons. The van der Waals surface area contributed by atoms with Gasteiger partial charge < -0.3 is 9.84 Å². The molecule has 0 aliphatic carbocycles. The number of para-hydroxylation sites is 1. The summed E-state index contributed by atoms with van der Waals surface area (Å²) in [5.41, 5.74) is 0.997. The maximum atomic E-state index is 12.3. The SMILES string of the molecule is CCOCCS(=O)(=O)N1CC(C(=O)O)c2ccccc21. The molecule has 7 heteroatoms. The molecule has 0 fully saturated rings. The Morgan fingerprint density at radius 3 is 2.80 bits per heavy atom. The number of hydrogen-bond acceptors (Lipinski definition) is 4. The summed E-state index contributed by atoms with van der Waals surface area (Å²) in [6, 6.07) is 6.71. The summed E-state index contributed by atoms with van der Waals surface area (Å²) < 4.78 is 30.8. The number of benzene rings is 1. The Morgan fingerprint density at radius 2 is 2.15 bits per heavy atom. The first-order valence-corrected chi connectivity index (χ1v) is 7.98. The molecular weight excluding hydrogens is 282 g/mol. The fraction of sp³-hybridized carbons (Fsp3) is 0.462. The van der Waals surface area contributed by atoms with Crippen molar-refractivity contribution in [2.75, 3.05) is 29.8 Å². The Bertz CT molecular complexity index is 599. The summed E-state index contributed by atoms with van der Waals surface area (Å²) in [7, 11) is -3.57. The predicted molar refractivity (Wildman–Crippen MR) is 74.4 cm³/mol. The van der Waals surface area contributed by atoms with Crippen molar-refractivity contribution in [1.82, 2.24) is 0 Å². The molecule has 0 radical (unpaired) electrons. The van der Waals surface area contributed by atoms with E-state index in [1.807, 2.05) is 0 Å². The van der Waals surface area contributed by atoms with E-state index in [1.54, 1.807) is 31.2 Å². The van der Waals surface area contributed by atoms with Crippen molar-refractivity contribution >= 4 is 21.7 Å². The Labute approximate surface area is 118 Å². The third-order valence-corrected chi connectivity index (χ3v) is 4.95. The molecule has 1 N–H and O–H groups in total. The quantitative estimate of drug-likeness (QED) is 0.793. The predicted octanol–water partition coefficient (Wildman–Crippen LogP) is 1.04. The summed E-state index contributed by atoms with van der Waals surface area (Å²) in [6.45, 7) is 2.29. The lowest BCUT2D eigenvalue weighted by molar-refractivity contribution is -0.138. The summed E-state index contributed by atoms with van der Waals surface area (Å²) in [4.78, 5) is 11.3. The maximum Gasteiger partial charge on any atom is 0.312 e. The third-order valence-electron chi connectivity index (χ3n) is 3.25. The van der Waals surface area contributed by atoms with Crippen LogP contribution in [0.1, 0.15) is 18.4 Å². The molecule has 1 heterocycles. The number of aliphatic carboxylic acids is 1. The number of hydrogen-bond donors (Lipinski definition) is 1. The molecule has 0 aromatic heterocycles. The minimum absolute atomic E-state index is 0.0524. The van der Waals surface area contributed by atoms with Crippen molar-refractivity contribution in [2.45, 2.75) is 12.8 Å². The van der Waals surface area contributed by atoms with Crippen LogP contribution in [0, 0.1) is 0 Å². The van der Waals surface area contributed by atoms with Gasteiger partial charge in [0, 0.05) is 6.61 Å². The highest BCUT2D eigenvalue weighted by Gasteiger charge is 2.38. The maximum absolute atomic E-state index is 12.3. The van der Waals surface area contributed by atoms with Gasteiger partial charge in [-0.1, -0.05) is 18.2 Å². The van der Waals surface area contributed by atoms with E-state index in [0.29, 0.717) is 17.9 Å². The number of anilines is 1. The molecular formula is C13H17NO5S. The zero-order valence-electron chi connectivity index (χ0n) is 11.2. The zero-order chi connectivity index (χ0) is 14.8. The zero-order valence-corrected chi connectivity index (χ0v) is 12.0. The van der Waals surface area contributed by atoms with Crippen LogP contribution in [-0.2, 0) is 19.6 Å². The second-order valence-corrected chi connectivity index (χ2v) is 6.51. The van der Waals surface area contributed by atoms with Gasteiger partial charge in [0.15, 0.2) is 0 Å². The number of carbonyl (C=O) groups is 1. The largest absolute Gasteiger partial charge is 0.481 e. The van der Waals surface area contributed by atoms with Gasteiger partial charge in [-0.15, -0.1) is 0 Å². The van der Waals surface area contributed by atoms with Crippen LogP contribution in [0.3, 0.4) is 0 Å². The van der Waals surface area contributed by atoms with Gasteiger partial charge in [0.2, 0.25) is 10.0 Å². The van der Waals surface area contributed by atoms with E-state index >= 15 is 0 Å². The van der Waals surface area contributed by atoms with Crippen molar-refractivity contribution in [2.24, 2.45) is 0 Å². The molecule has 6 nitrogen and oxygen atoms in total. The lowest BCUT2D eigenvalue weighted by Crippen LogP contribution is -2.34. The first-order chi connectivity index (χ1) is 9.47. The first kappa shape index (κ1) is 14.8. The minimum Gasteiger partial charge on any atom is -0.481 e. The van der Waals surface area contributed by atoms with E-state index in [4.69, 9.17) is 4.74 Å². The summed E-state index contributed by atoms with van der Waals surface area (Å²) in [6.07, 6.45) is 0. The lowest BCUT2D eigenvalue weighted by Gasteiger charge is -2.19. The smallest absolute Gasteiger partial charge is 0.312 e. The summed E-state index contributed by atoms with van der Waals surface area (Å²) in [5, 5.41) is 9.21. The molecule has 0 amide bonds. The van der Waals surface area contributed by atoms with E-state index in [9.17, 15) is 18.3 Å². The summed E-state index contributed by atoms with van der Waals surface area (Å²) in [5.74, 6) is -1.98. The van der Waals surface area contributed by atoms with Gasteiger partial charge in [-0.2, -0.15) is 0 Å². The van der Waals surface area contributed by atoms with Crippen molar-refractivity contribution in [1.29, 1.82) is 0 Å². The molecule has 1 atom stereocenters. The highest BCUT2D eigenvalue weighted by atomic mass is 32.2. The van der Waals surface area contributed by atoms with E-state index < -0.39 is 21.9 Å². The molecule has 2 rings (SSSR count). The van der Waals surface area contributed by atoms with Crippen LogP contribution in [0.25, 0.3) is 0 Å². The Morgan fingerprint density at radius 1 is 1.45 bits per heavy atom. The van der Waals surface area contributed by atoms with Gasteiger partial charge in [-0.3, -0.25) is 9.10 Å². The van der Waals surface area contributed by atoms with Crippen molar-refractivity contribution < 1.29 is 23.1 Å². The number of carboxylic acids is 1. The molecule has 20 heavy (non-hydrogen) atoms. The lowest BCUT2D eigenvalue weighted by atomic mass is 10.0. The molecule has 0 saturated heterocycles. The van der Waals surface area contributed by atoms with E-state index in [2.05, 4.69) is 0 Å². The van der Waals surface area contributed by atoms with Crippen LogP contribution in [0.2, 0.25) is 0 Å². The Hall–Kier alpha value is -1.60. The third kappa shape index (κ3) is 2.78. The van der Waals surface area contributed by atoms with Crippen LogP contribution >= 0.6 is 0 Å². The fourth-order valence-electron chi connectivity index (χ4n) is 2.27. The number of ether oxygens (including phenoxy) is 1. The second kappa shape index (κ2) is 5.80. The average Bonchev–Trinajstić information content (AvgIpc) is 2.79. The van der Waals surface area contributed by atoms with Crippen molar-refractivity contribution in [3.63, 3.8) is 0 Å². The number of rotatable bonds is 6. The topological polar surface area (TPSA) is 83.9 Å². The Kier molecular flexibility index (Phi) is 4.29. The molecule has 1 aromatic rings. The number of carboxylic acid groups (broad SMARTS) is 1. The van der Waals surface area contributed by atoms with Gasteiger partial charge in [-0.25, -0.2) is 8.42 Å². The van der Waals surface area contributed by atoms with Crippen molar-refractivity contribution in [3.05, 3.63) is 29.8 Å². The molecule has 1 aliphatic heterocycles. The van der Waals surface area contributed by atoms with Crippen LogP contribution in [0.4, 0.5) is 5.69 Å². The second-order valence-electron chi connectivity index (χ2n) is 4.49. The van der Waals surface area contributed by atoms with Gasteiger partial charge >= 0.3 is 5.97 Å². The van der Waals surface area contributed by atoms with E-state index in [0.717, 1.165) is 0 Å².